The summed E-state index contributed by atoms with van der Waals surface area (Å²) in [6.07, 6.45) is 0. The summed E-state index contributed by atoms with van der Waals surface area (Å²) in [5.74, 6) is -1.25. The first-order valence-corrected chi connectivity index (χ1v) is 10.9. The highest BCUT2D eigenvalue weighted by Crippen LogP contribution is 2.41. The number of thiophene rings is 1. The van der Waals surface area contributed by atoms with Gasteiger partial charge in [-0.05, 0) is 55.6 Å². The zero-order valence-electron chi connectivity index (χ0n) is 17.4. The Kier molecular flexibility index (Phi) is 6.55. The van der Waals surface area contributed by atoms with Crippen molar-refractivity contribution in [1.82, 2.24) is 9.80 Å². The molecule has 0 saturated carbocycles. The summed E-state index contributed by atoms with van der Waals surface area (Å²) in [4.78, 5) is 30.5. The highest BCUT2D eigenvalue weighted by atomic mass is 32.1. The van der Waals surface area contributed by atoms with Gasteiger partial charge in [-0.1, -0.05) is 32.0 Å². The van der Waals surface area contributed by atoms with Gasteiger partial charge in [0.05, 0.1) is 11.6 Å². The quantitative estimate of drug-likeness (QED) is 0.422. The number of nitrogens with zero attached hydrogens (tertiary/aromatic N) is 2. The van der Waals surface area contributed by atoms with Crippen LogP contribution in [0.2, 0.25) is 0 Å². The molecule has 0 bridgehead atoms. The van der Waals surface area contributed by atoms with Crippen molar-refractivity contribution >= 4 is 28.8 Å². The minimum absolute atomic E-state index is 0.102. The predicted molar refractivity (Wildman–Crippen MR) is 117 cm³/mol. The lowest BCUT2D eigenvalue weighted by Gasteiger charge is -2.27. The van der Waals surface area contributed by atoms with E-state index in [-0.39, 0.29) is 11.3 Å². The van der Waals surface area contributed by atoms with Gasteiger partial charge < -0.3 is 14.9 Å². The fourth-order valence-electron chi connectivity index (χ4n) is 3.69. The van der Waals surface area contributed by atoms with E-state index in [0.29, 0.717) is 18.7 Å². The Balaban J connectivity index is 2.06. The van der Waals surface area contributed by atoms with Crippen LogP contribution >= 0.6 is 11.3 Å². The van der Waals surface area contributed by atoms with Crippen molar-refractivity contribution in [3.63, 3.8) is 0 Å². The fourth-order valence-corrected chi connectivity index (χ4v) is 4.53. The van der Waals surface area contributed by atoms with E-state index in [1.807, 2.05) is 43.5 Å². The molecule has 1 fully saturated rings. The summed E-state index contributed by atoms with van der Waals surface area (Å²) in [5.41, 5.74) is 2.88. The van der Waals surface area contributed by atoms with Gasteiger partial charge in [-0.25, -0.2) is 0 Å². The predicted octanol–water partition coefficient (Wildman–Crippen LogP) is 4.13. The van der Waals surface area contributed by atoms with Crippen LogP contribution in [-0.2, 0) is 9.59 Å². The van der Waals surface area contributed by atoms with E-state index in [2.05, 4.69) is 18.7 Å². The lowest BCUT2D eigenvalue weighted by molar-refractivity contribution is -0.140. The Hall–Kier alpha value is -2.44. The largest absolute Gasteiger partial charge is 0.507 e. The molecule has 6 heteroatoms. The van der Waals surface area contributed by atoms with Gasteiger partial charge in [-0.3, -0.25) is 9.59 Å². The Morgan fingerprint density at radius 3 is 2.45 bits per heavy atom. The Morgan fingerprint density at radius 2 is 1.86 bits per heavy atom. The molecule has 1 atom stereocenters. The standard InChI is InChI=1S/C23H28N2O3S/c1-5-24(6-2)11-12-25-20(18-8-7-13-29-18)19(22(27)23(25)28)21(26)17-10-9-15(3)16(4)14-17/h7-10,13-14,20,26H,5-6,11-12H2,1-4H3/b21-19-. The number of Topliss-reactive ketones (excluding diaryl/α,β-unsaturated/α-hetero) is 1. The molecule has 0 radical (unpaired) electrons. The van der Waals surface area contributed by atoms with Crippen molar-refractivity contribution in [2.45, 2.75) is 33.7 Å². The molecule has 1 aliphatic rings. The summed E-state index contributed by atoms with van der Waals surface area (Å²) in [7, 11) is 0. The van der Waals surface area contributed by atoms with Gasteiger partial charge in [0.25, 0.3) is 11.7 Å². The molecule has 3 rings (SSSR count). The average Bonchev–Trinajstić information content (AvgIpc) is 3.32. The third-order valence-corrected chi connectivity index (χ3v) is 6.61. The summed E-state index contributed by atoms with van der Waals surface area (Å²) >= 11 is 1.49. The lowest BCUT2D eigenvalue weighted by atomic mass is 9.98. The number of ketones is 1. The highest BCUT2D eigenvalue weighted by Gasteiger charge is 2.46. The first-order chi connectivity index (χ1) is 13.9. The van der Waals surface area contributed by atoms with Crippen molar-refractivity contribution in [2.75, 3.05) is 26.2 Å². The van der Waals surface area contributed by atoms with E-state index in [0.717, 1.165) is 29.1 Å². The molecule has 0 aliphatic carbocycles. The molecule has 154 valence electrons. The number of rotatable bonds is 7. The van der Waals surface area contributed by atoms with Crippen LogP contribution < -0.4 is 0 Å². The van der Waals surface area contributed by atoms with E-state index in [4.69, 9.17) is 0 Å². The van der Waals surface area contributed by atoms with Crippen LogP contribution in [0, 0.1) is 13.8 Å². The highest BCUT2D eigenvalue weighted by molar-refractivity contribution is 7.10. The third-order valence-electron chi connectivity index (χ3n) is 5.68. The van der Waals surface area contributed by atoms with E-state index in [1.165, 1.54) is 11.3 Å². The number of aryl methyl sites for hydroxylation is 2. The van der Waals surface area contributed by atoms with E-state index in [1.54, 1.807) is 11.0 Å². The molecule has 2 aromatic rings. The zero-order chi connectivity index (χ0) is 21.1. The van der Waals surface area contributed by atoms with Gasteiger partial charge in [0.15, 0.2) is 0 Å². The SMILES string of the molecule is CCN(CC)CCN1C(=O)C(=O)/C(=C(\O)c2ccc(C)c(C)c2)C1c1cccs1. The molecule has 0 spiro atoms. The van der Waals surface area contributed by atoms with E-state index >= 15 is 0 Å². The summed E-state index contributed by atoms with van der Waals surface area (Å²) in [6.45, 7) is 11.0. The normalized spacial score (nSPS) is 18.8. The average molecular weight is 413 g/mol. The van der Waals surface area contributed by atoms with Gasteiger partial charge in [0.1, 0.15) is 5.76 Å². The number of carbonyl (C=O) groups is 2. The molecule has 1 aliphatic heterocycles. The maximum atomic E-state index is 13.0. The van der Waals surface area contributed by atoms with E-state index < -0.39 is 17.7 Å². The first kappa shape index (κ1) is 21.3. The number of benzene rings is 1. The van der Waals surface area contributed by atoms with Gasteiger partial charge in [0, 0.05) is 23.5 Å². The maximum absolute atomic E-state index is 13.0. The van der Waals surface area contributed by atoms with E-state index in [9.17, 15) is 14.7 Å². The molecule has 1 aromatic carbocycles. The lowest BCUT2D eigenvalue weighted by Crippen LogP contribution is -2.37. The molecule has 1 saturated heterocycles. The van der Waals surface area contributed by atoms with Crippen LogP contribution in [0.3, 0.4) is 0 Å². The molecule has 29 heavy (non-hydrogen) atoms. The van der Waals surface area contributed by atoms with Crippen LogP contribution in [-0.4, -0.2) is 52.8 Å². The third kappa shape index (κ3) is 4.14. The second kappa shape index (κ2) is 8.93. The number of aliphatic hydroxyl groups is 1. The van der Waals surface area contributed by atoms with Crippen LogP contribution in [0.15, 0.2) is 41.3 Å². The Morgan fingerprint density at radius 1 is 1.14 bits per heavy atom. The molecule has 1 unspecified atom stereocenters. The number of carbonyl (C=O) groups excluding carboxylic acids is 2. The number of likely N-dealkylation sites (N-methyl/N-ethyl adjacent to an activating group) is 1. The fraction of sp³-hybridized carbons (Fsp3) is 0.391. The van der Waals surface area contributed by atoms with Gasteiger partial charge >= 0.3 is 0 Å². The summed E-state index contributed by atoms with van der Waals surface area (Å²) < 4.78 is 0. The Labute approximate surface area is 176 Å². The monoisotopic (exact) mass is 412 g/mol. The molecule has 1 N–H and O–H groups in total. The summed E-state index contributed by atoms with van der Waals surface area (Å²) in [5, 5.41) is 13.0. The van der Waals surface area contributed by atoms with Crippen LogP contribution in [0.1, 0.15) is 41.5 Å². The first-order valence-electron chi connectivity index (χ1n) is 10.0. The smallest absolute Gasteiger partial charge is 0.295 e. The van der Waals surface area contributed by atoms with Crippen molar-refractivity contribution in [2.24, 2.45) is 0 Å². The number of hydrogen-bond donors (Lipinski definition) is 1. The maximum Gasteiger partial charge on any atom is 0.295 e. The van der Waals surface area contributed by atoms with Gasteiger partial charge in [0.2, 0.25) is 0 Å². The van der Waals surface area contributed by atoms with Crippen LogP contribution in [0.25, 0.3) is 5.76 Å². The topological polar surface area (TPSA) is 60.9 Å². The van der Waals surface area contributed by atoms with Crippen molar-refractivity contribution in [3.05, 3.63) is 62.9 Å². The number of likely N-dealkylation sites (tertiary alicyclic amines) is 1. The molecular weight excluding hydrogens is 384 g/mol. The molecular formula is C23H28N2O3S. The van der Waals surface area contributed by atoms with Crippen molar-refractivity contribution in [1.29, 1.82) is 0 Å². The summed E-state index contributed by atoms with van der Waals surface area (Å²) in [6, 6.07) is 8.85. The van der Waals surface area contributed by atoms with Gasteiger partial charge in [-0.2, -0.15) is 0 Å². The van der Waals surface area contributed by atoms with Crippen molar-refractivity contribution in [3.8, 4) is 0 Å². The zero-order valence-corrected chi connectivity index (χ0v) is 18.3. The molecule has 1 amide bonds. The second-order valence-corrected chi connectivity index (χ2v) is 8.31. The molecule has 5 nitrogen and oxygen atoms in total. The minimum Gasteiger partial charge on any atom is -0.507 e. The second-order valence-electron chi connectivity index (χ2n) is 7.33. The molecule has 2 heterocycles. The molecule has 1 aromatic heterocycles. The minimum atomic E-state index is -0.612. The van der Waals surface area contributed by atoms with Gasteiger partial charge in [-0.15, -0.1) is 11.3 Å². The Bertz CT molecular complexity index is 930. The van der Waals surface area contributed by atoms with Crippen LogP contribution in [0.4, 0.5) is 0 Å². The number of aliphatic hydroxyl groups excluding tert-OH is 1. The number of hydrogen-bond acceptors (Lipinski definition) is 5. The van der Waals surface area contributed by atoms with Crippen LogP contribution in [0.5, 0.6) is 0 Å². The number of amides is 1. The van der Waals surface area contributed by atoms with Crippen molar-refractivity contribution < 1.29 is 14.7 Å².